The number of nitrogens with zero attached hydrogens (tertiary/aromatic N) is 2. The van der Waals surface area contributed by atoms with Crippen molar-refractivity contribution in [2.75, 3.05) is 19.7 Å². The molecule has 0 saturated carbocycles. The van der Waals surface area contributed by atoms with Crippen LogP contribution in [0.4, 0.5) is 0 Å². The summed E-state index contributed by atoms with van der Waals surface area (Å²) in [6, 6.07) is 3.90. The monoisotopic (exact) mass is 248 g/mol. The van der Waals surface area contributed by atoms with E-state index in [2.05, 4.69) is 4.98 Å². The molecule has 0 spiro atoms. The quantitative estimate of drug-likeness (QED) is 0.853. The molecule has 1 amide bonds. The smallest absolute Gasteiger partial charge is 0.222 e. The van der Waals surface area contributed by atoms with E-state index in [1.165, 1.54) is 0 Å². The number of carbonyl (C=O) groups excluding carboxylic acids is 1. The Balaban J connectivity index is 1.76. The molecule has 1 aliphatic rings. The van der Waals surface area contributed by atoms with Gasteiger partial charge in [-0.2, -0.15) is 0 Å². The van der Waals surface area contributed by atoms with Crippen LogP contribution in [0, 0.1) is 5.92 Å². The van der Waals surface area contributed by atoms with Crippen LogP contribution in [0.15, 0.2) is 24.5 Å². The van der Waals surface area contributed by atoms with E-state index in [9.17, 15) is 4.79 Å². The Morgan fingerprint density at radius 3 is 2.94 bits per heavy atom. The SMILES string of the molecule is O=C(CCc1ccncc1)N1CCC(CCO)C1. The molecule has 1 fully saturated rings. The van der Waals surface area contributed by atoms with Gasteiger partial charge in [-0.15, -0.1) is 0 Å². The topological polar surface area (TPSA) is 53.4 Å². The molecule has 2 heterocycles. The number of aliphatic hydroxyl groups excluding tert-OH is 1. The molecule has 0 aliphatic carbocycles. The fourth-order valence-corrected chi connectivity index (χ4v) is 2.44. The van der Waals surface area contributed by atoms with Crippen molar-refractivity contribution in [1.29, 1.82) is 0 Å². The first kappa shape index (κ1) is 13.0. The lowest BCUT2D eigenvalue weighted by atomic mass is 10.1. The van der Waals surface area contributed by atoms with Crippen LogP contribution in [0.2, 0.25) is 0 Å². The largest absolute Gasteiger partial charge is 0.396 e. The van der Waals surface area contributed by atoms with Gasteiger partial charge in [0, 0.05) is 38.5 Å². The van der Waals surface area contributed by atoms with Gasteiger partial charge in [-0.05, 0) is 42.9 Å². The second kappa shape index (κ2) is 6.50. The highest BCUT2D eigenvalue weighted by Gasteiger charge is 2.25. The third-order valence-corrected chi connectivity index (χ3v) is 3.55. The number of hydrogen-bond donors (Lipinski definition) is 1. The molecular weight excluding hydrogens is 228 g/mol. The average Bonchev–Trinajstić information content (AvgIpc) is 2.86. The van der Waals surface area contributed by atoms with E-state index < -0.39 is 0 Å². The number of aliphatic hydroxyl groups is 1. The Labute approximate surface area is 108 Å². The summed E-state index contributed by atoms with van der Waals surface area (Å²) in [5.74, 6) is 0.715. The van der Waals surface area contributed by atoms with Gasteiger partial charge < -0.3 is 10.0 Å². The summed E-state index contributed by atoms with van der Waals surface area (Å²) in [4.78, 5) is 17.9. The minimum atomic E-state index is 0.226. The summed E-state index contributed by atoms with van der Waals surface area (Å²) in [5.41, 5.74) is 1.16. The van der Waals surface area contributed by atoms with E-state index >= 15 is 0 Å². The third-order valence-electron chi connectivity index (χ3n) is 3.55. The normalized spacial score (nSPS) is 19.2. The van der Waals surface area contributed by atoms with Gasteiger partial charge in [0.15, 0.2) is 0 Å². The maximum absolute atomic E-state index is 12.0. The highest BCUT2D eigenvalue weighted by Crippen LogP contribution is 2.20. The molecule has 1 N–H and O–H groups in total. The molecule has 1 unspecified atom stereocenters. The predicted octanol–water partition coefficient (Wildman–Crippen LogP) is 1.25. The summed E-state index contributed by atoms with van der Waals surface area (Å²) in [6.07, 6.45) is 6.70. The third kappa shape index (κ3) is 3.53. The van der Waals surface area contributed by atoms with Crippen molar-refractivity contribution in [3.05, 3.63) is 30.1 Å². The summed E-state index contributed by atoms with van der Waals surface area (Å²) in [7, 11) is 0. The van der Waals surface area contributed by atoms with Gasteiger partial charge in [-0.25, -0.2) is 0 Å². The highest BCUT2D eigenvalue weighted by atomic mass is 16.3. The lowest BCUT2D eigenvalue weighted by Gasteiger charge is -2.16. The van der Waals surface area contributed by atoms with E-state index in [0.29, 0.717) is 12.3 Å². The number of likely N-dealkylation sites (tertiary alicyclic amines) is 1. The van der Waals surface area contributed by atoms with Gasteiger partial charge in [0.25, 0.3) is 0 Å². The van der Waals surface area contributed by atoms with Crippen LogP contribution in [0.3, 0.4) is 0 Å². The first-order valence-electron chi connectivity index (χ1n) is 6.57. The summed E-state index contributed by atoms with van der Waals surface area (Å²) in [5, 5.41) is 8.89. The predicted molar refractivity (Wildman–Crippen MR) is 68.9 cm³/mol. The lowest BCUT2D eigenvalue weighted by Crippen LogP contribution is -2.28. The van der Waals surface area contributed by atoms with E-state index in [1.807, 2.05) is 17.0 Å². The molecule has 1 aliphatic heterocycles. The zero-order chi connectivity index (χ0) is 12.8. The second-order valence-corrected chi connectivity index (χ2v) is 4.86. The molecule has 1 aromatic heterocycles. The number of amides is 1. The Kier molecular flexibility index (Phi) is 4.70. The number of rotatable bonds is 5. The summed E-state index contributed by atoms with van der Waals surface area (Å²) >= 11 is 0. The minimum Gasteiger partial charge on any atom is -0.396 e. The molecular formula is C14H20N2O2. The van der Waals surface area contributed by atoms with Crippen molar-refractivity contribution in [1.82, 2.24) is 9.88 Å². The van der Waals surface area contributed by atoms with Gasteiger partial charge in [0.2, 0.25) is 5.91 Å². The molecule has 0 radical (unpaired) electrons. The Morgan fingerprint density at radius 1 is 1.44 bits per heavy atom. The minimum absolute atomic E-state index is 0.226. The molecule has 1 atom stereocenters. The maximum Gasteiger partial charge on any atom is 0.222 e. The second-order valence-electron chi connectivity index (χ2n) is 4.86. The fraction of sp³-hybridized carbons (Fsp3) is 0.571. The van der Waals surface area contributed by atoms with Gasteiger partial charge in [-0.1, -0.05) is 0 Å². The van der Waals surface area contributed by atoms with E-state index in [4.69, 9.17) is 5.11 Å². The summed E-state index contributed by atoms with van der Waals surface area (Å²) in [6.45, 7) is 1.89. The van der Waals surface area contributed by atoms with Crippen LogP contribution in [0.1, 0.15) is 24.8 Å². The van der Waals surface area contributed by atoms with E-state index in [0.717, 1.165) is 37.9 Å². The van der Waals surface area contributed by atoms with Gasteiger partial charge in [0.1, 0.15) is 0 Å². The molecule has 0 aromatic carbocycles. The van der Waals surface area contributed by atoms with Gasteiger partial charge in [0.05, 0.1) is 0 Å². The molecule has 0 bridgehead atoms. The van der Waals surface area contributed by atoms with Crippen LogP contribution in [0.25, 0.3) is 0 Å². The molecule has 1 saturated heterocycles. The van der Waals surface area contributed by atoms with Crippen molar-refractivity contribution < 1.29 is 9.90 Å². The van der Waals surface area contributed by atoms with Crippen molar-refractivity contribution >= 4 is 5.91 Å². The number of aromatic nitrogens is 1. The zero-order valence-corrected chi connectivity index (χ0v) is 10.6. The first-order valence-corrected chi connectivity index (χ1v) is 6.57. The van der Waals surface area contributed by atoms with Gasteiger partial charge in [-0.3, -0.25) is 9.78 Å². The maximum atomic E-state index is 12.0. The summed E-state index contributed by atoms with van der Waals surface area (Å²) < 4.78 is 0. The van der Waals surface area contributed by atoms with Crippen LogP contribution >= 0.6 is 0 Å². The number of hydrogen-bond acceptors (Lipinski definition) is 3. The Hall–Kier alpha value is -1.42. The van der Waals surface area contributed by atoms with Crippen molar-refractivity contribution in [3.8, 4) is 0 Å². The van der Waals surface area contributed by atoms with Gasteiger partial charge >= 0.3 is 0 Å². The standard InChI is InChI=1S/C14H20N2O2/c17-10-6-13-5-9-16(11-13)14(18)2-1-12-3-7-15-8-4-12/h3-4,7-8,13,17H,1-2,5-6,9-11H2. The average molecular weight is 248 g/mol. The number of aryl methyl sites for hydroxylation is 1. The number of carbonyl (C=O) groups is 1. The van der Waals surface area contributed by atoms with Crippen molar-refractivity contribution in [3.63, 3.8) is 0 Å². The van der Waals surface area contributed by atoms with Crippen LogP contribution < -0.4 is 0 Å². The number of pyridine rings is 1. The molecule has 4 heteroatoms. The highest BCUT2D eigenvalue weighted by molar-refractivity contribution is 5.76. The Bertz CT molecular complexity index is 381. The molecule has 2 rings (SSSR count). The molecule has 1 aromatic rings. The van der Waals surface area contributed by atoms with Crippen LogP contribution in [-0.4, -0.2) is 40.6 Å². The Morgan fingerprint density at radius 2 is 2.22 bits per heavy atom. The first-order chi connectivity index (χ1) is 8.79. The molecule has 4 nitrogen and oxygen atoms in total. The fourth-order valence-electron chi connectivity index (χ4n) is 2.44. The molecule has 18 heavy (non-hydrogen) atoms. The van der Waals surface area contributed by atoms with E-state index in [1.54, 1.807) is 12.4 Å². The van der Waals surface area contributed by atoms with E-state index in [-0.39, 0.29) is 12.5 Å². The van der Waals surface area contributed by atoms with Crippen molar-refractivity contribution in [2.45, 2.75) is 25.7 Å². The van der Waals surface area contributed by atoms with Crippen LogP contribution in [-0.2, 0) is 11.2 Å². The van der Waals surface area contributed by atoms with Crippen molar-refractivity contribution in [2.24, 2.45) is 5.92 Å². The lowest BCUT2D eigenvalue weighted by molar-refractivity contribution is -0.130. The zero-order valence-electron chi connectivity index (χ0n) is 10.6. The van der Waals surface area contributed by atoms with Crippen LogP contribution in [0.5, 0.6) is 0 Å². The molecule has 98 valence electrons.